The number of nitrogens with one attached hydrogen (secondary N) is 1. The summed E-state index contributed by atoms with van der Waals surface area (Å²) in [5.41, 5.74) is 1.91. The van der Waals surface area contributed by atoms with E-state index >= 15 is 0 Å². The van der Waals surface area contributed by atoms with Gasteiger partial charge in [0.2, 0.25) is 5.91 Å². The van der Waals surface area contributed by atoms with Crippen molar-refractivity contribution in [1.29, 1.82) is 0 Å². The summed E-state index contributed by atoms with van der Waals surface area (Å²) in [5.74, 6) is 0.589. The average molecular weight is 564 g/mol. The lowest BCUT2D eigenvalue weighted by Gasteiger charge is -2.20. The molecule has 0 saturated carbocycles. The Bertz CT molecular complexity index is 1110. The van der Waals surface area contributed by atoms with E-state index in [1.165, 1.54) is 29.6 Å². The molecular weight excluding hydrogens is 531 g/mol. The number of aromatic nitrogens is 1. The average Bonchev–Trinajstić information content (AvgIpc) is 2.82. The number of hydrogen-bond donors (Lipinski definition) is 1. The summed E-state index contributed by atoms with van der Waals surface area (Å²) in [4.78, 5) is 35.9. The fraction of sp³-hybridized carbons (Fsp3) is 0.400. The molecule has 0 aliphatic carbocycles. The zero-order valence-electron chi connectivity index (χ0n) is 21.5. The summed E-state index contributed by atoms with van der Waals surface area (Å²) >= 11 is 13.8. The fourth-order valence-electron chi connectivity index (χ4n) is 2.94. The van der Waals surface area contributed by atoms with Gasteiger partial charge in [0.25, 0.3) is 0 Å². The Hall–Kier alpha value is -2.05. The molecule has 0 aliphatic rings. The van der Waals surface area contributed by atoms with Crippen molar-refractivity contribution >= 4 is 84.9 Å². The first-order chi connectivity index (χ1) is 17.0. The molecule has 11 heteroatoms. The number of likely N-dealkylation sites (N-methyl/N-ethyl adjacent to an activating group) is 1. The first-order valence-electron chi connectivity index (χ1n) is 11.2. The second-order valence-electron chi connectivity index (χ2n) is 8.79. The lowest BCUT2D eigenvalue weighted by Crippen LogP contribution is -2.25. The van der Waals surface area contributed by atoms with Crippen LogP contribution in [0.1, 0.15) is 10.4 Å². The van der Waals surface area contributed by atoms with Gasteiger partial charge in [0.05, 0.1) is 5.52 Å². The first kappa shape index (κ1) is 30.2. The van der Waals surface area contributed by atoms with Crippen LogP contribution in [0.2, 0.25) is 0 Å². The SMILES string of the molecule is CN(C)C/C=C/C(=O)Nc1ccc2ncc(C(=O)C(CSC(=S)N(C)C)CSC(=S)N(C)C)cc2c1. The first-order valence-corrected chi connectivity index (χ1v) is 14.0. The topological polar surface area (TPSA) is 68.8 Å². The molecular formula is C25H33N5O2S4. The van der Waals surface area contributed by atoms with E-state index < -0.39 is 0 Å². The third kappa shape index (κ3) is 9.78. The third-order valence-electron chi connectivity index (χ3n) is 4.89. The number of Topliss-reactive ketones (excluding diaryl/α,β-unsaturated/α-hetero) is 1. The Kier molecular flexibility index (Phi) is 12.3. The Balaban J connectivity index is 2.23. The molecule has 0 radical (unpaired) electrons. The van der Waals surface area contributed by atoms with Gasteiger partial charge >= 0.3 is 0 Å². The summed E-state index contributed by atoms with van der Waals surface area (Å²) in [6, 6.07) is 7.29. The molecule has 0 spiro atoms. The van der Waals surface area contributed by atoms with Crippen molar-refractivity contribution in [3.05, 3.63) is 48.2 Å². The van der Waals surface area contributed by atoms with Crippen LogP contribution in [0.3, 0.4) is 0 Å². The van der Waals surface area contributed by atoms with E-state index in [1.54, 1.807) is 18.3 Å². The van der Waals surface area contributed by atoms with E-state index in [2.05, 4.69) is 10.3 Å². The molecule has 1 aromatic carbocycles. The molecule has 0 saturated heterocycles. The van der Waals surface area contributed by atoms with Gasteiger partial charge in [-0.2, -0.15) is 0 Å². The van der Waals surface area contributed by atoms with E-state index in [9.17, 15) is 9.59 Å². The lowest BCUT2D eigenvalue weighted by molar-refractivity contribution is -0.111. The predicted octanol–water partition coefficient (Wildman–Crippen LogP) is 4.25. The van der Waals surface area contributed by atoms with E-state index in [-0.39, 0.29) is 17.6 Å². The molecule has 1 heterocycles. The molecule has 0 atom stereocenters. The minimum Gasteiger partial charge on any atom is -0.364 e. The maximum atomic E-state index is 13.5. The van der Waals surface area contributed by atoms with E-state index in [0.717, 1.165) is 19.5 Å². The van der Waals surface area contributed by atoms with E-state index in [4.69, 9.17) is 24.4 Å². The van der Waals surface area contributed by atoms with Gasteiger partial charge in [0, 0.05) is 81.1 Å². The number of carbonyl (C=O) groups excluding carboxylic acids is 2. The van der Waals surface area contributed by atoms with Crippen LogP contribution >= 0.6 is 48.0 Å². The number of benzene rings is 1. The highest BCUT2D eigenvalue weighted by Gasteiger charge is 2.23. The smallest absolute Gasteiger partial charge is 0.248 e. The number of rotatable bonds is 10. The molecule has 2 rings (SSSR count). The van der Waals surface area contributed by atoms with Gasteiger partial charge in [-0.3, -0.25) is 14.6 Å². The lowest BCUT2D eigenvalue weighted by atomic mass is 10.0. The molecule has 2 aromatic rings. The zero-order chi connectivity index (χ0) is 26.8. The van der Waals surface area contributed by atoms with Gasteiger partial charge in [-0.05, 0) is 38.4 Å². The largest absolute Gasteiger partial charge is 0.364 e. The number of thioether (sulfide) groups is 2. The highest BCUT2D eigenvalue weighted by atomic mass is 32.2. The fourth-order valence-corrected chi connectivity index (χ4v) is 5.24. The van der Waals surface area contributed by atoms with Crippen LogP contribution in [0.25, 0.3) is 10.9 Å². The molecule has 7 nitrogen and oxygen atoms in total. The number of fused-ring (bicyclic) bond motifs is 1. The molecule has 36 heavy (non-hydrogen) atoms. The van der Waals surface area contributed by atoms with Crippen molar-refractivity contribution in [2.75, 3.05) is 65.7 Å². The van der Waals surface area contributed by atoms with Crippen molar-refractivity contribution in [3.8, 4) is 0 Å². The second kappa shape index (κ2) is 14.6. The highest BCUT2D eigenvalue weighted by molar-refractivity contribution is 8.23. The van der Waals surface area contributed by atoms with Gasteiger partial charge < -0.3 is 20.0 Å². The van der Waals surface area contributed by atoms with Crippen LogP contribution < -0.4 is 5.32 Å². The van der Waals surface area contributed by atoms with Crippen LogP contribution in [0.5, 0.6) is 0 Å². The van der Waals surface area contributed by atoms with Crippen LogP contribution in [0.4, 0.5) is 5.69 Å². The predicted molar refractivity (Wildman–Crippen MR) is 163 cm³/mol. The second-order valence-corrected chi connectivity index (χ2v) is 12.1. The number of ketones is 1. The molecule has 1 N–H and O–H groups in total. The standard InChI is InChI=1S/C25H33N5O2S4/c1-28(2)11-7-8-22(31)27-20-9-10-21-17(13-20)12-18(14-26-21)23(32)19(15-35-24(33)29(3)4)16-36-25(34)30(5)6/h7-10,12-14,19H,11,15-16H2,1-6H3,(H,27,31)/b8-7+. The third-order valence-corrected chi connectivity index (χ3v) is 8.69. The molecule has 1 amide bonds. The van der Waals surface area contributed by atoms with Gasteiger partial charge in [-0.25, -0.2) is 0 Å². The molecule has 194 valence electrons. The minimum atomic E-state index is -0.292. The van der Waals surface area contributed by atoms with Crippen LogP contribution in [0, 0.1) is 5.92 Å². The number of thiocarbonyl (C=S) groups is 2. The van der Waals surface area contributed by atoms with Gasteiger partial charge in [0.15, 0.2) is 5.78 Å². The van der Waals surface area contributed by atoms with Crippen molar-refractivity contribution in [3.63, 3.8) is 0 Å². The number of hydrogen-bond acceptors (Lipinski definition) is 8. The van der Waals surface area contributed by atoms with Crippen LogP contribution in [-0.2, 0) is 4.79 Å². The van der Waals surface area contributed by atoms with E-state index in [1.807, 2.05) is 75.2 Å². The maximum Gasteiger partial charge on any atom is 0.248 e. The number of anilines is 1. The van der Waals surface area contributed by atoms with Crippen molar-refractivity contribution in [1.82, 2.24) is 19.7 Å². The van der Waals surface area contributed by atoms with Crippen molar-refractivity contribution in [2.45, 2.75) is 0 Å². The zero-order valence-corrected chi connectivity index (χ0v) is 24.7. The van der Waals surface area contributed by atoms with Gasteiger partial charge in [0.1, 0.15) is 8.64 Å². The molecule has 0 fully saturated rings. The maximum absolute atomic E-state index is 13.5. The number of carbonyl (C=O) groups is 2. The summed E-state index contributed by atoms with van der Waals surface area (Å²) < 4.78 is 1.45. The molecule has 0 unspecified atom stereocenters. The summed E-state index contributed by atoms with van der Waals surface area (Å²) in [5, 5.41) is 3.64. The minimum absolute atomic E-state index is 0.00595. The van der Waals surface area contributed by atoms with Crippen LogP contribution in [0.15, 0.2) is 42.6 Å². The summed E-state index contributed by atoms with van der Waals surface area (Å²) in [6.45, 7) is 0.677. The normalized spacial score (nSPS) is 11.3. The molecule has 1 aromatic heterocycles. The van der Waals surface area contributed by atoms with Gasteiger partial charge in [-0.15, -0.1) is 0 Å². The summed E-state index contributed by atoms with van der Waals surface area (Å²) in [7, 11) is 11.4. The molecule has 0 bridgehead atoms. The Morgan fingerprint density at radius 3 is 2.17 bits per heavy atom. The number of nitrogens with zero attached hydrogens (tertiary/aromatic N) is 4. The Labute approximate surface area is 233 Å². The summed E-state index contributed by atoms with van der Waals surface area (Å²) in [6.07, 6.45) is 4.93. The highest BCUT2D eigenvalue weighted by Crippen LogP contribution is 2.25. The van der Waals surface area contributed by atoms with Crippen molar-refractivity contribution < 1.29 is 9.59 Å². The van der Waals surface area contributed by atoms with E-state index in [0.29, 0.717) is 29.3 Å². The quantitative estimate of drug-likeness (QED) is 0.258. The number of amides is 1. The Morgan fingerprint density at radius 2 is 1.61 bits per heavy atom. The van der Waals surface area contributed by atoms with Crippen LogP contribution in [-0.4, -0.2) is 100 Å². The molecule has 0 aliphatic heterocycles. The Morgan fingerprint density at radius 1 is 1.00 bits per heavy atom. The van der Waals surface area contributed by atoms with Gasteiger partial charge in [-0.1, -0.05) is 54.0 Å². The number of pyridine rings is 1. The van der Waals surface area contributed by atoms with Crippen molar-refractivity contribution in [2.24, 2.45) is 5.92 Å². The monoisotopic (exact) mass is 563 g/mol.